The molecular formula is C24H29FN6O. The molecule has 32 heavy (non-hydrogen) atoms. The summed E-state index contributed by atoms with van der Waals surface area (Å²) in [6.07, 6.45) is 8.96. The summed E-state index contributed by atoms with van der Waals surface area (Å²) in [5.74, 6) is 1.25. The Kier molecular flexibility index (Phi) is 6.48. The summed E-state index contributed by atoms with van der Waals surface area (Å²) in [5, 5.41) is 0. The smallest absolute Gasteiger partial charge is 0.243 e. The first kappa shape index (κ1) is 21.9. The number of piperidine rings is 1. The van der Waals surface area contributed by atoms with Crippen molar-refractivity contribution in [3.8, 4) is 11.1 Å². The van der Waals surface area contributed by atoms with E-state index in [2.05, 4.69) is 9.97 Å². The van der Waals surface area contributed by atoms with Gasteiger partial charge in [-0.25, -0.2) is 19.3 Å². The molecule has 0 N–H and O–H groups in total. The second kappa shape index (κ2) is 9.46. The van der Waals surface area contributed by atoms with Crippen LogP contribution in [0, 0.1) is 5.82 Å². The van der Waals surface area contributed by atoms with E-state index in [4.69, 9.17) is 4.98 Å². The van der Waals surface area contributed by atoms with Crippen LogP contribution in [-0.4, -0.2) is 51.0 Å². The van der Waals surface area contributed by atoms with Crippen molar-refractivity contribution in [2.45, 2.75) is 45.2 Å². The first-order valence-corrected chi connectivity index (χ1v) is 11.1. The van der Waals surface area contributed by atoms with Crippen molar-refractivity contribution in [1.29, 1.82) is 0 Å². The maximum atomic E-state index is 13.5. The van der Waals surface area contributed by atoms with Crippen LogP contribution >= 0.6 is 0 Å². The van der Waals surface area contributed by atoms with Crippen LogP contribution in [0.4, 0.5) is 10.3 Å². The predicted octanol–water partition coefficient (Wildman–Crippen LogP) is 3.86. The average Bonchev–Trinajstić information content (AvgIpc) is 3.26. The van der Waals surface area contributed by atoms with Crippen LogP contribution in [0.15, 0.2) is 42.9 Å². The van der Waals surface area contributed by atoms with E-state index >= 15 is 0 Å². The number of aryl methyl sites for hydroxylation is 1. The molecule has 0 radical (unpaired) electrons. The predicted molar refractivity (Wildman–Crippen MR) is 122 cm³/mol. The highest BCUT2D eigenvalue weighted by Crippen LogP contribution is 2.36. The maximum absolute atomic E-state index is 13.5. The van der Waals surface area contributed by atoms with Gasteiger partial charge in [-0.3, -0.25) is 4.79 Å². The number of aromatic nitrogens is 4. The maximum Gasteiger partial charge on any atom is 0.243 e. The highest BCUT2D eigenvalue weighted by molar-refractivity contribution is 5.77. The molecular weight excluding hydrogens is 407 g/mol. The first-order valence-electron chi connectivity index (χ1n) is 11.1. The molecule has 4 rings (SSSR count). The molecule has 8 heteroatoms. The van der Waals surface area contributed by atoms with E-state index in [0.717, 1.165) is 48.3 Å². The van der Waals surface area contributed by atoms with E-state index in [-0.39, 0.29) is 24.3 Å². The Balaban J connectivity index is 1.72. The monoisotopic (exact) mass is 436 g/mol. The molecule has 1 saturated heterocycles. The molecule has 2 aromatic heterocycles. The van der Waals surface area contributed by atoms with E-state index in [9.17, 15) is 9.18 Å². The molecule has 1 aliphatic rings. The topological polar surface area (TPSA) is 67.2 Å². The van der Waals surface area contributed by atoms with Gasteiger partial charge in [-0.15, -0.1) is 0 Å². The molecule has 0 unspecified atom stereocenters. The van der Waals surface area contributed by atoms with Crippen LogP contribution in [0.1, 0.15) is 43.7 Å². The van der Waals surface area contributed by atoms with Gasteiger partial charge in [0.1, 0.15) is 18.2 Å². The summed E-state index contributed by atoms with van der Waals surface area (Å²) < 4.78 is 15.5. The van der Waals surface area contributed by atoms with Gasteiger partial charge in [-0.2, -0.15) is 0 Å². The zero-order chi connectivity index (χ0) is 22.7. The highest BCUT2D eigenvalue weighted by Gasteiger charge is 2.32. The Morgan fingerprint density at radius 1 is 1.19 bits per heavy atom. The lowest BCUT2D eigenvalue weighted by Crippen LogP contribution is -2.41. The number of hydrogen-bond donors (Lipinski definition) is 0. The quantitative estimate of drug-likeness (QED) is 0.587. The van der Waals surface area contributed by atoms with E-state index in [1.165, 1.54) is 12.1 Å². The second-order valence-electron chi connectivity index (χ2n) is 8.29. The normalized spacial score (nSPS) is 16.2. The lowest BCUT2D eigenvalue weighted by molar-refractivity contribution is -0.135. The summed E-state index contributed by atoms with van der Waals surface area (Å²) in [5.41, 5.74) is 2.48. The van der Waals surface area contributed by atoms with Crippen LogP contribution in [-0.2, 0) is 17.8 Å². The van der Waals surface area contributed by atoms with Gasteiger partial charge >= 0.3 is 0 Å². The van der Waals surface area contributed by atoms with Gasteiger partial charge in [-0.1, -0.05) is 19.1 Å². The van der Waals surface area contributed by atoms with Crippen molar-refractivity contribution < 1.29 is 9.18 Å². The molecule has 3 heterocycles. The first-order chi connectivity index (χ1) is 15.5. The summed E-state index contributed by atoms with van der Waals surface area (Å²) in [7, 11) is 3.79. The number of amides is 1. The van der Waals surface area contributed by atoms with Gasteiger partial charge < -0.3 is 14.4 Å². The van der Waals surface area contributed by atoms with Gasteiger partial charge in [0.2, 0.25) is 11.9 Å². The molecule has 168 valence electrons. The summed E-state index contributed by atoms with van der Waals surface area (Å²) >= 11 is 0. The molecule has 0 bridgehead atoms. The molecule has 0 spiro atoms. The molecule has 1 amide bonds. The molecule has 1 aliphatic heterocycles. The van der Waals surface area contributed by atoms with Crippen molar-refractivity contribution >= 4 is 11.9 Å². The zero-order valence-corrected chi connectivity index (χ0v) is 18.8. The number of halogens is 1. The molecule has 1 fully saturated rings. The summed E-state index contributed by atoms with van der Waals surface area (Å²) in [4.78, 5) is 30.9. The van der Waals surface area contributed by atoms with Crippen molar-refractivity contribution in [2.24, 2.45) is 0 Å². The van der Waals surface area contributed by atoms with E-state index < -0.39 is 0 Å². The van der Waals surface area contributed by atoms with Crippen molar-refractivity contribution in [3.05, 3.63) is 60.2 Å². The number of hydrogen-bond acceptors (Lipinski definition) is 5. The number of carbonyl (C=O) groups is 1. The Morgan fingerprint density at radius 3 is 2.69 bits per heavy atom. The Bertz CT molecular complexity index is 1080. The van der Waals surface area contributed by atoms with Crippen molar-refractivity contribution in [3.63, 3.8) is 0 Å². The number of carbonyl (C=O) groups excluding carboxylic acids is 1. The lowest BCUT2D eigenvalue weighted by Gasteiger charge is -2.36. The molecule has 0 aliphatic carbocycles. The minimum absolute atomic E-state index is 0.0532. The van der Waals surface area contributed by atoms with Gasteiger partial charge in [0, 0.05) is 51.2 Å². The van der Waals surface area contributed by atoms with Crippen LogP contribution in [0.3, 0.4) is 0 Å². The van der Waals surface area contributed by atoms with Crippen LogP contribution in [0.5, 0.6) is 0 Å². The summed E-state index contributed by atoms with van der Waals surface area (Å²) in [6, 6.07) is 6.19. The number of likely N-dealkylation sites (tertiary alicyclic amines) is 1. The fraction of sp³-hybridized carbons (Fsp3) is 0.417. The van der Waals surface area contributed by atoms with Gasteiger partial charge in [0.15, 0.2) is 0 Å². The van der Waals surface area contributed by atoms with Gasteiger partial charge in [0.25, 0.3) is 0 Å². The van der Waals surface area contributed by atoms with Gasteiger partial charge in [-0.05, 0) is 37.0 Å². The van der Waals surface area contributed by atoms with Crippen LogP contribution in [0.25, 0.3) is 11.1 Å². The van der Waals surface area contributed by atoms with Gasteiger partial charge in [0.05, 0.1) is 11.7 Å². The van der Waals surface area contributed by atoms with Crippen molar-refractivity contribution in [1.82, 2.24) is 24.4 Å². The zero-order valence-electron chi connectivity index (χ0n) is 18.8. The third-order valence-corrected chi connectivity index (χ3v) is 5.92. The number of nitrogens with zero attached hydrogens (tertiary/aromatic N) is 6. The Hall–Kier alpha value is -3.29. The second-order valence-corrected chi connectivity index (χ2v) is 8.29. The third kappa shape index (κ3) is 4.49. The van der Waals surface area contributed by atoms with Crippen molar-refractivity contribution in [2.75, 3.05) is 25.5 Å². The Morgan fingerprint density at radius 2 is 1.97 bits per heavy atom. The molecule has 0 saturated carbocycles. The van der Waals surface area contributed by atoms with Crippen LogP contribution < -0.4 is 4.90 Å². The number of anilines is 1. The minimum Gasteiger partial charge on any atom is -0.347 e. The number of benzene rings is 1. The average molecular weight is 437 g/mol. The molecule has 3 aromatic rings. The number of imidazole rings is 1. The molecule has 7 nitrogen and oxygen atoms in total. The molecule has 1 aromatic carbocycles. The van der Waals surface area contributed by atoms with E-state index in [1.807, 2.05) is 41.6 Å². The Labute approximate surface area is 187 Å². The fourth-order valence-electron chi connectivity index (χ4n) is 4.26. The largest absolute Gasteiger partial charge is 0.347 e. The molecule has 1 atom stereocenters. The van der Waals surface area contributed by atoms with E-state index in [1.54, 1.807) is 24.5 Å². The van der Waals surface area contributed by atoms with E-state index in [0.29, 0.717) is 12.5 Å². The van der Waals surface area contributed by atoms with Crippen LogP contribution in [0.2, 0.25) is 0 Å². The fourth-order valence-corrected chi connectivity index (χ4v) is 4.26. The third-order valence-electron chi connectivity index (χ3n) is 5.92. The standard InChI is InChI=1S/C24H29FN6O/c1-4-21-26-12-14-30(21)16-22(32)31-13-6-5-7-20(31)23-19(15-27-24(28-23)29(2)3)17-8-10-18(25)11-9-17/h8-12,14-15,20H,4-7,13,16H2,1-3H3/t20-/m1/s1. The summed E-state index contributed by atoms with van der Waals surface area (Å²) in [6.45, 7) is 2.98. The highest BCUT2D eigenvalue weighted by atomic mass is 19.1. The minimum atomic E-state index is -0.289. The lowest BCUT2D eigenvalue weighted by atomic mass is 9.93. The number of rotatable bonds is 6. The SMILES string of the molecule is CCc1nccn1CC(=O)N1CCCC[C@@H]1c1nc(N(C)C)ncc1-c1ccc(F)cc1.